The highest BCUT2D eigenvalue weighted by molar-refractivity contribution is 14.1. The van der Waals surface area contributed by atoms with E-state index in [1.165, 1.54) is 16.4 Å². The van der Waals surface area contributed by atoms with Gasteiger partial charge in [0.05, 0.1) is 16.6 Å². The molecule has 0 fully saturated rings. The summed E-state index contributed by atoms with van der Waals surface area (Å²) >= 11 is 2.13. The molecular formula is C23H18IN3O3S. The molecule has 0 aliphatic rings. The summed E-state index contributed by atoms with van der Waals surface area (Å²) in [6.45, 7) is 1.90. The van der Waals surface area contributed by atoms with Crippen LogP contribution in [0.5, 0.6) is 0 Å². The molecule has 0 saturated heterocycles. The van der Waals surface area contributed by atoms with Crippen molar-refractivity contribution in [3.05, 3.63) is 99.3 Å². The van der Waals surface area contributed by atoms with Crippen LogP contribution in [0, 0.1) is 10.5 Å². The molecule has 4 aromatic rings. The topological polar surface area (TPSA) is 80.5 Å². The predicted molar refractivity (Wildman–Crippen MR) is 130 cm³/mol. The third kappa shape index (κ3) is 4.40. The summed E-state index contributed by atoms with van der Waals surface area (Å²) in [7, 11) is -3.78. The normalized spacial score (nSPS) is 11.8. The molecule has 0 aliphatic heterocycles. The van der Waals surface area contributed by atoms with Gasteiger partial charge < -0.3 is 0 Å². The number of hydrazone groups is 1. The molecule has 0 unspecified atom stereocenters. The second kappa shape index (κ2) is 8.64. The number of carbonyl (C=O) groups excluding carboxylic acids is 1. The Hall–Kier alpha value is -2.98. The maximum absolute atomic E-state index is 13.2. The number of hydrogen-bond acceptors (Lipinski definition) is 4. The molecule has 1 N–H and O–H groups in total. The van der Waals surface area contributed by atoms with Crippen LogP contribution in [0.1, 0.15) is 21.5 Å². The van der Waals surface area contributed by atoms with E-state index in [2.05, 4.69) is 33.1 Å². The standard InChI is InChI=1S/C23H18IN3O3S/c1-16-9-11-20(12-10-16)31(29,30)27-15-18(21-7-2-3-8-22(21)27)14-25-26-23(28)17-5-4-6-19(24)13-17/h2-15H,1H3,(H,26,28). The molecule has 0 spiro atoms. The fourth-order valence-corrected chi connectivity index (χ4v) is 5.08. The quantitative estimate of drug-likeness (QED) is 0.228. The highest BCUT2D eigenvalue weighted by Crippen LogP contribution is 2.25. The van der Waals surface area contributed by atoms with Crippen molar-refractivity contribution in [2.45, 2.75) is 11.8 Å². The molecule has 0 bridgehead atoms. The molecule has 1 heterocycles. The molecule has 3 aromatic carbocycles. The second-order valence-corrected chi connectivity index (χ2v) is 9.99. The van der Waals surface area contributed by atoms with Gasteiger partial charge in [-0.3, -0.25) is 4.79 Å². The molecular weight excluding hydrogens is 525 g/mol. The van der Waals surface area contributed by atoms with Gasteiger partial charge in [-0.2, -0.15) is 5.10 Å². The Bertz CT molecular complexity index is 1410. The lowest BCUT2D eigenvalue weighted by atomic mass is 10.2. The van der Waals surface area contributed by atoms with E-state index in [0.29, 0.717) is 22.0 Å². The number of aromatic nitrogens is 1. The van der Waals surface area contributed by atoms with E-state index in [4.69, 9.17) is 0 Å². The lowest BCUT2D eigenvalue weighted by Gasteiger charge is -2.07. The highest BCUT2D eigenvalue weighted by atomic mass is 127. The van der Waals surface area contributed by atoms with Gasteiger partial charge in [-0.25, -0.2) is 17.8 Å². The van der Waals surface area contributed by atoms with E-state index >= 15 is 0 Å². The summed E-state index contributed by atoms with van der Waals surface area (Å²) in [6, 6.07) is 21.0. The fourth-order valence-electron chi connectivity index (χ4n) is 3.16. The Morgan fingerprint density at radius 1 is 1.03 bits per heavy atom. The third-order valence-corrected chi connectivity index (χ3v) is 7.10. The van der Waals surface area contributed by atoms with Crippen molar-refractivity contribution in [1.82, 2.24) is 9.40 Å². The van der Waals surface area contributed by atoms with Crippen LogP contribution in [-0.4, -0.2) is 24.5 Å². The first-order chi connectivity index (χ1) is 14.9. The number of nitrogens with one attached hydrogen (secondary N) is 1. The summed E-state index contributed by atoms with van der Waals surface area (Å²) in [5, 5.41) is 4.76. The van der Waals surface area contributed by atoms with E-state index in [1.54, 1.807) is 54.6 Å². The summed E-state index contributed by atoms with van der Waals surface area (Å²) in [6.07, 6.45) is 2.97. The molecule has 1 aromatic heterocycles. The minimum Gasteiger partial charge on any atom is -0.267 e. The molecule has 0 radical (unpaired) electrons. The van der Waals surface area contributed by atoms with Gasteiger partial charge in [-0.05, 0) is 65.9 Å². The zero-order chi connectivity index (χ0) is 22.0. The number of hydrogen-bond donors (Lipinski definition) is 1. The van der Waals surface area contributed by atoms with Gasteiger partial charge in [0.1, 0.15) is 0 Å². The number of halogens is 1. The number of carbonyl (C=O) groups is 1. The predicted octanol–water partition coefficient (Wildman–Crippen LogP) is 4.56. The molecule has 4 rings (SSSR count). The van der Waals surface area contributed by atoms with E-state index < -0.39 is 10.0 Å². The summed E-state index contributed by atoms with van der Waals surface area (Å²) in [4.78, 5) is 12.5. The number of fused-ring (bicyclic) bond motifs is 1. The Morgan fingerprint density at radius 2 is 1.77 bits per heavy atom. The van der Waals surface area contributed by atoms with Crippen molar-refractivity contribution < 1.29 is 13.2 Å². The zero-order valence-corrected chi connectivity index (χ0v) is 19.5. The number of benzene rings is 3. The van der Waals surface area contributed by atoms with Gasteiger partial charge in [-0.1, -0.05) is 42.0 Å². The van der Waals surface area contributed by atoms with Crippen LogP contribution >= 0.6 is 22.6 Å². The van der Waals surface area contributed by atoms with Crippen molar-refractivity contribution in [1.29, 1.82) is 0 Å². The molecule has 1 amide bonds. The first-order valence-corrected chi connectivity index (χ1v) is 11.9. The number of rotatable bonds is 5. The summed E-state index contributed by atoms with van der Waals surface area (Å²) in [5.41, 5.74) is 5.08. The Balaban J connectivity index is 1.68. The van der Waals surface area contributed by atoms with Gasteiger partial charge in [0.2, 0.25) is 0 Å². The lowest BCUT2D eigenvalue weighted by molar-refractivity contribution is 0.0955. The van der Waals surface area contributed by atoms with E-state index in [-0.39, 0.29) is 10.8 Å². The highest BCUT2D eigenvalue weighted by Gasteiger charge is 2.20. The van der Waals surface area contributed by atoms with Gasteiger partial charge in [0, 0.05) is 26.3 Å². The minimum absolute atomic E-state index is 0.203. The molecule has 31 heavy (non-hydrogen) atoms. The first kappa shape index (κ1) is 21.3. The lowest BCUT2D eigenvalue weighted by Crippen LogP contribution is -2.17. The Labute approximate surface area is 193 Å². The maximum atomic E-state index is 13.2. The zero-order valence-electron chi connectivity index (χ0n) is 16.5. The smallest absolute Gasteiger partial charge is 0.267 e. The average molecular weight is 543 g/mol. The molecule has 0 saturated carbocycles. The SMILES string of the molecule is Cc1ccc(S(=O)(=O)n2cc(C=NNC(=O)c3cccc(I)c3)c3ccccc32)cc1. The molecule has 0 atom stereocenters. The van der Waals surface area contributed by atoms with Crippen LogP contribution in [0.3, 0.4) is 0 Å². The molecule has 0 aliphatic carbocycles. The van der Waals surface area contributed by atoms with Crippen molar-refractivity contribution in [3.63, 3.8) is 0 Å². The maximum Gasteiger partial charge on any atom is 0.271 e. The summed E-state index contributed by atoms with van der Waals surface area (Å²) < 4.78 is 28.6. The van der Waals surface area contributed by atoms with E-state index in [1.807, 2.05) is 25.1 Å². The first-order valence-electron chi connectivity index (χ1n) is 9.37. The van der Waals surface area contributed by atoms with Crippen molar-refractivity contribution in [3.8, 4) is 0 Å². The number of nitrogens with zero attached hydrogens (tertiary/aromatic N) is 2. The van der Waals surface area contributed by atoms with Gasteiger partial charge in [0.25, 0.3) is 15.9 Å². The largest absolute Gasteiger partial charge is 0.271 e. The summed E-state index contributed by atoms with van der Waals surface area (Å²) in [5.74, 6) is -0.342. The minimum atomic E-state index is -3.78. The second-order valence-electron chi connectivity index (χ2n) is 6.92. The third-order valence-electron chi connectivity index (χ3n) is 4.74. The van der Waals surface area contributed by atoms with Gasteiger partial charge in [-0.15, -0.1) is 0 Å². The fraction of sp³-hybridized carbons (Fsp3) is 0.0435. The average Bonchev–Trinajstić information content (AvgIpc) is 3.14. The number of aryl methyl sites for hydroxylation is 1. The number of amides is 1. The van der Waals surface area contributed by atoms with Crippen LogP contribution < -0.4 is 5.43 Å². The van der Waals surface area contributed by atoms with Crippen LogP contribution in [-0.2, 0) is 10.0 Å². The Kier molecular flexibility index (Phi) is 5.92. The molecule has 8 heteroatoms. The Morgan fingerprint density at radius 3 is 2.52 bits per heavy atom. The van der Waals surface area contributed by atoms with Crippen LogP contribution in [0.2, 0.25) is 0 Å². The van der Waals surface area contributed by atoms with Crippen LogP contribution in [0.15, 0.2) is 89.0 Å². The van der Waals surface area contributed by atoms with Crippen molar-refractivity contribution in [2.75, 3.05) is 0 Å². The molecule has 6 nitrogen and oxygen atoms in total. The van der Waals surface area contributed by atoms with Crippen molar-refractivity contribution >= 4 is 55.6 Å². The van der Waals surface area contributed by atoms with E-state index in [9.17, 15) is 13.2 Å². The van der Waals surface area contributed by atoms with Crippen LogP contribution in [0.25, 0.3) is 10.9 Å². The molecule has 156 valence electrons. The van der Waals surface area contributed by atoms with Gasteiger partial charge >= 0.3 is 0 Å². The monoisotopic (exact) mass is 543 g/mol. The van der Waals surface area contributed by atoms with Gasteiger partial charge in [0.15, 0.2) is 0 Å². The van der Waals surface area contributed by atoms with Crippen LogP contribution in [0.4, 0.5) is 0 Å². The van der Waals surface area contributed by atoms with Crippen molar-refractivity contribution in [2.24, 2.45) is 5.10 Å². The van der Waals surface area contributed by atoms with E-state index in [0.717, 1.165) is 9.13 Å². The number of para-hydroxylation sites is 1.